The summed E-state index contributed by atoms with van der Waals surface area (Å²) in [7, 11) is 0. The predicted molar refractivity (Wildman–Crippen MR) is 72.2 cm³/mol. The quantitative estimate of drug-likeness (QED) is 0.645. The van der Waals surface area contributed by atoms with Crippen molar-refractivity contribution in [2.24, 2.45) is 0 Å². The third-order valence-electron chi connectivity index (χ3n) is 2.51. The number of pyridine rings is 2. The van der Waals surface area contributed by atoms with Crippen molar-refractivity contribution in [2.45, 2.75) is 6.92 Å². The Morgan fingerprint density at radius 2 is 2.10 bits per heavy atom. The number of nitro groups is 1. The second-order valence-electron chi connectivity index (χ2n) is 4.06. The third kappa shape index (κ3) is 2.86. The zero-order chi connectivity index (χ0) is 14.7. The van der Waals surface area contributed by atoms with Crippen molar-refractivity contribution >= 4 is 23.2 Å². The highest BCUT2D eigenvalue weighted by Crippen LogP contribution is 2.18. The van der Waals surface area contributed by atoms with E-state index in [1.54, 1.807) is 18.3 Å². The van der Waals surface area contributed by atoms with Crippen LogP contribution in [0.1, 0.15) is 15.9 Å². The van der Waals surface area contributed by atoms with Crippen molar-refractivity contribution < 1.29 is 9.72 Å². The maximum absolute atomic E-state index is 12.0. The first kappa shape index (κ1) is 13.4. The van der Waals surface area contributed by atoms with E-state index in [0.717, 1.165) is 17.8 Å². The Morgan fingerprint density at radius 3 is 2.70 bits per heavy atom. The molecule has 8 heteroatoms. The van der Waals surface area contributed by atoms with Gasteiger partial charge in [-0.05, 0) is 18.6 Å². The Hall–Kier alpha value is -3.03. The Bertz CT molecular complexity index is 669. The first-order chi connectivity index (χ1) is 9.47. The summed E-state index contributed by atoms with van der Waals surface area (Å²) in [6.07, 6.45) is 2.58. The zero-order valence-electron chi connectivity index (χ0n) is 10.5. The lowest BCUT2D eigenvalue weighted by Crippen LogP contribution is -2.16. The molecule has 0 aromatic carbocycles. The largest absolute Gasteiger partial charge is 0.383 e. The highest BCUT2D eigenvalue weighted by molar-refractivity contribution is 6.07. The molecule has 2 aromatic rings. The van der Waals surface area contributed by atoms with Crippen LogP contribution in [0.2, 0.25) is 0 Å². The molecule has 0 bridgehead atoms. The van der Waals surface area contributed by atoms with Crippen molar-refractivity contribution in [1.82, 2.24) is 9.97 Å². The second kappa shape index (κ2) is 5.31. The fourth-order valence-corrected chi connectivity index (χ4v) is 1.47. The normalized spacial score (nSPS) is 10.1. The van der Waals surface area contributed by atoms with Crippen LogP contribution in [0.5, 0.6) is 0 Å². The van der Waals surface area contributed by atoms with E-state index in [2.05, 4.69) is 15.3 Å². The fourth-order valence-electron chi connectivity index (χ4n) is 1.47. The first-order valence-corrected chi connectivity index (χ1v) is 5.61. The van der Waals surface area contributed by atoms with Gasteiger partial charge in [0.05, 0.1) is 10.5 Å². The standard InChI is InChI=1S/C12H11N5O3/c1-7-2-3-10(14-5-7)16-12(18)9-4-8(17(19)20)6-15-11(9)13/h2-6H,1H3,(H2,13,15)(H,14,16,18). The Labute approximate surface area is 113 Å². The van der Waals surface area contributed by atoms with E-state index >= 15 is 0 Å². The summed E-state index contributed by atoms with van der Waals surface area (Å²) >= 11 is 0. The molecule has 2 heterocycles. The van der Waals surface area contributed by atoms with Gasteiger partial charge in [0, 0.05) is 12.3 Å². The average Bonchev–Trinajstić information content (AvgIpc) is 2.41. The molecule has 0 saturated heterocycles. The van der Waals surface area contributed by atoms with Crippen LogP contribution in [0.4, 0.5) is 17.3 Å². The molecule has 20 heavy (non-hydrogen) atoms. The number of nitrogens with one attached hydrogen (secondary N) is 1. The van der Waals surface area contributed by atoms with E-state index in [0.29, 0.717) is 5.82 Å². The van der Waals surface area contributed by atoms with Gasteiger partial charge in [0.15, 0.2) is 0 Å². The van der Waals surface area contributed by atoms with Crippen molar-refractivity contribution in [2.75, 3.05) is 11.1 Å². The fraction of sp³-hybridized carbons (Fsp3) is 0.0833. The summed E-state index contributed by atoms with van der Waals surface area (Å²) in [5.41, 5.74) is 6.12. The SMILES string of the molecule is Cc1ccc(NC(=O)c2cc([N+](=O)[O-])cnc2N)nc1. The van der Waals surface area contributed by atoms with Crippen LogP contribution >= 0.6 is 0 Å². The Kier molecular flexibility index (Phi) is 3.56. The van der Waals surface area contributed by atoms with Gasteiger partial charge in [-0.2, -0.15) is 0 Å². The lowest BCUT2D eigenvalue weighted by atomic mass is 10.2. The minimum Gasteiger partial charge on any atom is -0.383 e. The van der Waals surface area contributed by atoms with E-state index < -0.39 is 10.8 Å². The summed E-state index contributed by atoms with van der Waals surface area (Å²) in [6, 6.07) is 4.47. The predicted octanol–water partition coefficient (Wildman–Crippen LogP) is 1.53. The van der Waals surface area contributed by atoms with E-state index in [4.69, 9.17) is 5.73 Å². The molecule has 2 aromatic heterocycles. The number of hydrogen-bond acceptors (Lipinski definition) is 6. The van der Waals surface area contributed by atoms with Crippen LogP contribution in [0.25, 0.3) is 0 Å². The topological polar surface area (TPSA) is 124 Å². The Morgan fingerprint density at radius 1 is 1.35 bits per heavy atom. The number of hydrogen-bond donors (Lipinski definition) is 2. The summed E-state index contributed by atoms with van der Waals surface area (Å²) in [5, 5.41) is 13.2. The van der Waals surface area contributed by atoms with Crippen molar-refractivity contribution in [3.63, 3.8) is 0 Å². The van der Waals surface area contributed by atoms with E-state index in [1.807, 2.05) is 6.92 Å². The lowest BCUT2D eigenvalue weighted by Gasteiger charge is -2.06. The van der Waals surface area contributed by atoms with Crippen LogP contribution in [-0.2, 0) is 0 Å². The van der Waals surface area contributed by atoms with Crippen LogP contribution in [0, 0.1) is 17.0 Å². The summed E-state index contributed by atoms with van der Waals surface area (Å²) < 4.78 is 0. The number of aryl methyl sites for hydroxylation is 1. The van der Waals surface area contributed by atoms with Gasteiger partial charge >= 0.3 is 0 Å². The third-order valence-corrected chi connectivity index (χ3v) is 2.51. The number of carbonyl (C=O) groups excluding carboxylic acids is 1. The smallest absolute Gasteiger partial charge is 0.288 e. The van der Waals surface area contributed by atoms with Crippen LogP contribution in [0.15, 0.2) is 30.6 Å². The molecule has 2 rings (SSSR count). The summed E-state index contributed by atoms with van der Waals surface area (Å²) in [5.74, 6) is -0.359. The molecule has 0 aliphatic heterocycles. The highest BCUT2D eigenvalue weighted by Gasteiger charge is 2.17. The monoisotopic (exact) mass is 273 g/mol. The van der Waals surface area contributed by atoms with Gasteiger partial charge in [-0.3, -0.25) is 14.9 Å². The van der Waals surface area contributed by atoms with Gasteiger partial charge in [0.2, 0.25) is 0 Å². The number of carbonyl (C=O) groups is 1. The minimum absolute atomic E-state index is 0.0680. The molecule has 102 valence electrons. The summed E-state index contributed by atoms with van der Waals surface area (Å²) in [4.78, 5) is 29.7. The molecule has 0 saturated carbocycles. The molecule has 0 spiro atoms. The molecular formula is C12H11N5O3. The molecule has 0 aliphatic rings. The molecular weight excluding hydrogens is 262 g/mol. The van der Waals surface area contributed by atoms with Crippen molar-refractivity contribution in [1.29, 1.82) is 0 Å². The van der Waals surface area contributed by atoms with E-state index in [9.17, 15) is 14.9 Å². The van der Waals surface area contributed by atoms with Gasteiger partial charge < -0.3 is 11.1 Å². The number of anilines is 2. The molecule has 8 nitrogen and oxygen atoms in total. The van der Waals surface area contributed by atoms with Crippen molar-refractivity contribution in [3.8, 4) is 0 Å². The van der Waals surface area contributed by atoms with Crippen LogP contribution < -0.4 is 11.1 Å². The molecule has 0 fully saturated rings. The van der Waals surface area contributed by atoms with Gasteiger partial charge in [-0.15, -0.1) is 0 Å². The molecule has 0 unspecified atom stereocenters. The molecule has 0 radical (unpaired) electrons. The van der Waals surface area contributed by atoms with Gasteiger partial charge in [-0.25, -0.2) is 9.97 Å². The number of nitrogens with two attached hydrogens (primary N) is 1. The zero-order valence-corrected chi connectivity index (χ0v) is 10.5. The second-order valence-corrected chi connectivity index (χ2v) is 4.06. The van der Waals surface area contributed by atoms with Crippen molar-refractivity contribution in [3.05, 3.63) is 51.8 Å². The average molecular weight is 273 g/mol. The maximum Gasteiger partial charge on any atom is 0.288 e. The molecule has 3 N–H and O–H groups in total. The minimum atomic E-state index is -0.645. The lowest BCUT2D eigenvalue weighted by molar-refractivity contribution is -0.385. The first-order valence-electron chi connectivity index (χ1n) is 5.61. The van der Waals surface area contributed by atoms with Gasteiger partial charge in [-0.1, -0.05) is 6.07 Å². The van der Waals surface area contributed by atoms with Crippen LogP contribution in [0.3, 0.4) is 0 Å². The number of nitrogens with zero attached hydrogens (tertiary/aromatic N) is 3. The van der Waals surface area contributed by atoms with Gasteiger partial charge in [0.1, 0.15) is 17.8 Å². The van der Waals surface area contributed by atoms with Gasteiger partial charge in [0.25, 0.3) is 11.6 Å². The maximum atomic E-state index is 12.0. The number of amides is 1. The Balaban J connectivity index is 2.26. The molecule has 0 atom stereocenters. The number of rotatable bonds is 3. The van der Waals surface area contributed by atoms with E-state index in [1.165, 1.54) is 0 Å². The highest BCUT2D eigenvalue weighted by atomic mass is 16.6. The van der Waals surface area contributed by atoms with E-state index in [-0.39, 0.29) is 17.1 Å². The number of nitrogen functional groups attached to an aromatic ring is 1. The summed E-state index contributed by atoms with van der Waals surface area (Å²) in [6.45, 7) is 1.86. The molecule has 1 amide bonds. The molecule has 0 aliphatic carbocycles. The van der Waals surface area contributed by atoms with Crippen LogP contribution in [-0.4, -0.2) is 20.8 Å². The number of aromatic nitrogens is 2.